The molecule has 1 atom stereocenters. The molecule has 2 heteroatoms. The van der Waals surface area contributed by atoms with Crippen molar-refractivity contribution in [3.05, 3.63) is 59.7 Å². The van der Waals surface area contributed by atoms with Gasteiger partial charge in [-0.15, -0.1) is 0 Å². The van der Waals surface area contributed by atoms with Crippen LogP contribution in [0.25, 0.3) is 11.1 Å². The van der Waals surface area contributed by atoms with Gasteiger partial charge in [0.05, 0.1) is 8.07 Å². The van der Waals surface area contributed by atoms with Crippen LogP contribution in [0.3, 0.4) is 0 Å². The highest BCUT2D eigenvalue weighted by Gasteiger charge is 2.55. The number of benzene rings is 2. The van der Waals surface area contributed by atoms with Gasteiger partial charge in [0.25, 0.3) is 0 Å². The first-order valence-electron chi connectivity index (χ1n) is 8.17. The van der Waals surface area contributed by atoms with Gasteiger partial charge in [0.1, 0.15) is 0 Å². The van der Waals surface area contributed by atoms with Crippen molar-refractivity contribution in [2.24, 2.45) is 0 Å². The number of rotatable bonds is 3. The molecule has 0 radical (unpaired) electrons. The SMILES string of the molecule is CC(N(C)C)C1([Si](C)(C)C)c2ccccc2-c2ccccc21. The number of likely N-dealkylation sites (N-methyl/N-ethyl adjacent to an activating group) is 1. The fraction of sp³-hybridized carbons (Fsp3) is 0.400. The second-order valence-electron chi connectivity index (χ2n) is 7.79. The molecule has 1 aliphatic carbocycles. The molecule has 2 aromatic carbocycles. The molecule has 116 valence electrons. The fourth-order valence-corrected chi connectivity index (χ4v) is 8.10. The lowest BCUT2D eigenvalue weighted by atomic mass is 9.88. The fourth-order valence-electron chi connectivity index (χ4n) is 4.54. The van der Waals surface area contributed by atoms with E-state index in [4.69, 9.17) is 0 Å². The first-order valence-corrected chi connectivity index (χ1v) is 11.7. The Morgan fingerprint density at radius 3 is 1.59 bits per heavy atom. The Bertz CT molecular complexity index is 651. The third-order valence-corrected chi connectivity index (χ3v) is 8.90. The Morgan fingerprint density at radius 1 is 0.818 bits per heavy atom. The maximum atomic E-state index is 2.52. The number of hydrogen-bond donors (Lipinski definition) is 0. The van der Waals surface area contributed by atoms with Crippen LogP contribution in [0.4, 0.5) is 0 Å². The average molecular weight is 310 g/mol. The standard InChI is InChI=1S/C20H27NSi/c1-15(21(2)3)20(22(4,5)6)18-13-9-7-11-16(18)17-12-8-10-14-19(17)20/h7-15H,1-6H3. The maximum absolute atomic E-state index is 2.52. The largest absolute Gasteiger partial charge is 0.306 e. The summed E-state index contributed by atoms with van der Waals surface area (Å²) in [4.78, 5) is 2.40. The van der Waals surface area contributed by atoms with Gasteiger partial charge in [-0.1, -0.05) is 68.2 Å². The predicted octanol–water partition coefficient (Wildman–Crippen LogP) is 4.78. The molecule has 22 heavy (non-hydrogen) atoms. The first kappa shape index (κ1) is 15.5. The van der Waals surface area contributed by atoms with Crippen LogP contribution in [0.1, 0.15) is 18.1 Å². The minimum Gasteiger partial charge on any atom is -0.306 e. The molecule has 1 nitrogen and oxygen atoms in total. The molecule has 0 fully saturated rings. The topological polar surface area (TPSA) is 3.24 Å². The van der Waals surface area contributed by atoms with Gasteiger partial charge < -0.3 is 4.90 Å². The molecular formula is C20H27NSi. The molecule has 0 N–H and O–H groups in total. The van der Waals surface area contributed by atoms with Crippen molar-refractivity contribution in [2.45, 2.75) is 37.6 Å². The van der Waals surface area contributed by atoms with Crippen LogP contribution in [0.5, 0.6) is 0 Å². The van der Waals surface area contributed by atoms with E-state index in [0.29, 0.717) is 6.04 Å². The van der Waals surface area contributed by atoms with E-state index in [9.17, 15) is 0 Å². The lowest BCUT2D eigenvalue weighted by molar-refractivity contribution is 0.265. The van der Waals surface area contributed by atoms with Gasteiger partial charge in [0.2, 0.25) is 0 Å². The smallest absolute Gasteiger partial charge is 0.0633 e. The summed E-state index contributed by atoms with van der Waals surface area (Å²) in [7, 11) is 2.89. The summed E-state index contributed by atoms with van der Waals surface area (Å²) in [5.41, 5.74) is 5.96. The predicted molar refractivity (Wildman–Crippen MR) is 99.2 cm³/mol. The van der Waals surface area contributed by atoms with E-state index < -0.39 is 8.07 Å². The van der Waals surface area contributed by atoms with Crippen LogP contribution in [0.15, 0.2) is 48.5 Å². The lowest BCUT2D eigenvalue weighted by Crippen LogP contribution is -2.60. The summed E-state index contributed by atoms with van der Waals surface area (Å²) >= 11 is 0. The molecule has 1 aliphatic rings. The molecule has 2 aromatic rings. The van der Waals surface area contributed by atoms with Crippen LogP contribution in [0.2, 0.25) is 19.6 Å². The molecule has 0 aromatic heterocycles. The molecular weight excluding hydrogens is 282 g/mol. The summed E-state index contributed by atoms with van der Waals surface area (Å²) in [6.45, 7) is 9.96. The van der Waals surface area contributed by atoms with Crippen molar-refractivity contribution in [1.29, 1.82) is 0 Å². The molecule has 3 rings (SSSR count). The molecule has 0 bridgehead atoms. The third kappa shape index (κ3) is 1.87. The Labute approximate surface area is 136 Å². The Hall–Kier alpha value is -1.38. The monoisotopic (exact) mass is 309 g/mol. The van der Waals surface area contributed by atoms with Crippen molar-refractivity contribution in [3.63, 3.8) is 0 Å². The minimum absolute atomic E-state index is 0.143. The van der Waals surface area contributed by atoms with Crippen molar-refractivity contribution >= 4 is 8.07 Å². The lowest BCUT2D eigenvalue weighted by Gasteiger charge is -2.49. The molecule has 0 heterocycles. The highest BCUT2D eigenvalue weighted by molar-refractivity contribution is 6.80. The van der Waals surface area contributed by atoms with E-state index in [1.165, 1.54) is 22.3 Å². The maximum Gasteiger partial charge on any atom is 0.0633 e. The van der Waals surface area contributed by atoms with Gasteiger partial charge in [0, 0.05) is 11.1 Å². The van der Waals surface area contributed by atoms with Crippen molar-refractivity contribution < 1.29 is 0 Å². The number of hydrogen-bond acceptors (Lipinski definition) is 1. The van der Waals surface area contributed by atoms with Crippen molar-refractivity contribution in [2.75, 3.05) is 14.1 Å². The summed E-state index contributed by atoms with van der Waals surface area (Å²) in [6, 6.07) is 18.6. The van der Waals surface area contributed by atoms with Gasteiger partial charge in [-0.2, -0.15) is 0 Å². The summed E-state index contributed by atoms with van der Waals surface area (Å²) in [6.07, 6.45) is 0. The van der Waals surface area contributed by atoms with Crippen LogP contribution in [-0.4, -0.2) is 33.1 Å². The summed E-state index contributed by atoms with van der Waals surface area (Å²) < 4.78 is 0. The van der Waals surface area contributed by atoms with Crippen LogP contribution >= 0.6 is 0 Å². The molecule has 0 amide bonds. The minimum atomic E-state index is -1.54. The van der Waals surface area contributed by atoms with Crippen molar-refractivity contribution in [3.8, 4) is 11.1 Å². The van der Waals surface area contributed by atoms with Gasteiger partial charge in [0.15, 0.2) is 0 Å². The molecule has 0 saturated heterocycles. The summed E-state index contributed by atoms with van der Waals surface area (Å²) in [5.74, 6) is 0. The molecule has 1 unspecified atom stereocenters. The zero-order valence-corrected chi connectivity index (χ0v) is 15.6. The summed E-state index contributed by atoms with van der Waals surface area (Å²) in [5, 5.41) is 0.143. The Morgan fingerprint density at radius 2 is 1.23 bits per heavy atom. The van der Waals surface area contributed by atoms with Gasteiger partial charge in [-0.3, -0.25) is 0 Å². The van der Waals surface area contributed by atoms with Gasteiger partial charge in [-0.25, -0.2) is 0 Å². The number of nitrogens with zero attached hydrogens (tertiary/aromatic N) is 1. The molecule has 0 saturated carbocycles. The van der Waals surface area contributed by atoms with Crippen LogP contribution < -0.4 is 0 Å². The van der Waals surface area contributed by atoms with E-state index in [0.717, 1.165) is 0 Å². The van der Waals surface area contributed by atoms with Gasteiger partial charge in [-0.05, 0) is 43.3 Å². The van der Waals surface area contributed by atoms with E-state index >= 15 is 0 Å². The zero-order chi connectivity index (χ0) is 16.1. The molecule has 0 spiro atoms. The quantitative estimate of drug-likeness (QED) is 0.738. The molecule has 0 aliphatic heterocycles. The Balaban J connectivity index is 2.44. The van der Waals surface area contributed by atoms with E-state index in [1.807, 2.05) is 0 Å². The van der Waals surface area contributed by atoms with E-state index in [1.54, 1.807) is 0 Å². The second-order valence-corrected chi connectivity index (χ2v) is 13.1. The van der Waals surface area contributed by atoms with Crippen LogP contribution in [-0.2, 0) is 5.04 Å². The van der Waals surface area contributed by atoms with Gasteiger partial charge >= 0.3 is 0 Å². The normalized spacial score (nSPS) is 17.2. The van der Waals surface area contributed by atoms with E-state index in [2.05, 4.69) is 94.1 Å². The second kappa shape index (κ2) is 5.07. The third-order valence-electron chi connectivity index (χ3n) is 5.58. The van der Waals surface area contributed by atoms with Crippen molar-refractivity contribution in [1.82, 2.24) is 4.90 Å². The van der Waals surface area contributed by atoms with E-state index in [-0.39, 0.29) is 5.04 Å². The number of fused-ring (bicyclic) bond motifs is 3. The van der Waals surface area contributed by atoms with Crippen LogP contribution in [0, 0.1) is 0 Å². The average Bonchev–Trinajstić information content (AvgIpc) is 2.77. The highest BCUT2D eigenvalue weighted by atomic mass is 28.3. The highest BCUT2D eigenvalue weighted by Crippen LogP contribution is 2.55. The Kier molecular flexibility index (Phi) is 3.57. The first-order chi connectivity index (χ1) is 10.3. The zero-order valence-electron chi connectivity index (χ0n) is 14.6.